The smallest absolute Gasteiger partial charge is 0.170 e. The Kier molecular flexibility index (Phi) is 5.32. The van der Waals surface area contributed by atoms with Crippen LogP contribution in [0, 0.1) is 0 Å². The summed E-state index contributed by atoms with van der Waals surface area (Å²) >= 11 is 7.11. The lowest BCUT2D eigenvalue weighted by Gasteiger charge is -2.24. The van der Waals surface area contributed by atoms with Crippen molar-refractivity contribution in [2.45, 2.75) is 43.0 Å². The molecule has 1 aromatic rings. The third-order valence-electron chi connectivity index (χ3n) is 3.27. The Morgan fingerprint density at radius 2 is 2.06 bits per heavy atom. The van der Waals surface area contributed by atoms with Gasteiger partial charge in [0.15, 0.2) is 5.11 Å². The molecule has 0 saturated heterocycles. The van der Waals surface area contributed by atoms with E-state index in [1.165, 1.54) is 37.0 Å². The molecule has 98 valence electrons. The number of anilines is 1. The van der Waals surface area contributed by atoms with Crippen molar-refractivity contribution in [2.24, 2.45) is 0 Å². The quantitative estimate of drug-likeness (QED) is 0.645. The van der Waals surface area contributed by atoms with Crippen molar-refractivity contribution in [3.8, 4) is 0 Å². The molecular weight excluding hydrogens is 260 g/mol. The van der Waals surface area contributed by atoms with Crippen LogP contribution in [0.15, 0.2) is 29.2 Å². The number of benzene rings is 1. The molecule has 0 aliphatic heterocycles. The lowest BCUT2D eigenvalue weighted by atomic mass is 9.96. The fourth-order valence-electron chi connectivity index (χ4n) is 2.30. The van der Waals surface area contributed by atoms with E-state index in [9.17, 15) is 0 Å². The highest BCUT2D eigenvalue weighted by atomic mass is 32.2. The van der Waals surface area contributed by atoms with Gasteiger partial charge in [-0.25, -0.2) is 0 Å². The molecule has 1 aliphatic rings. The summed E-state index contributed by atoms with van der Waals surface area (Å²) in [5.41, 5.74) is 1.06. The third-order valence-corrected chi connectivity index (χ3v) is 4.21. The van der Waals surface area contributed by atoms with Gasteiger partial charge in [0.05, 0.1) is 0 Å². The fourth-order valence-corrected chi connectivity index (χ4v) is 3.04. The van der Waals surface area contributed by atoms with Crippen LogP contribution in [0.1, 0.15) is 32.1 Å². The molecule has 0 spiro atoms. The number of nitrogens with one attached hydrogen (secondary N) is 2. The van der Waals surface area contributed by atoms with E-state index in [0.717, 1.165) is 10.8 Å². The van der Waals surface area contributed by atoms with Crippen molar-refractivity contribution < 1.29 is 0 Å². The monoisotopic (exact) mass is 280 g/mol. The highest BCUT2D eigenvalue weighted by Gasteiger charge is 2.13. The van der Waals surface area contributed by atoms with Gasteiger partial charge in [0, 0.05) is 16.6 Å². The summed E-state index contributed by atoms with van der Waals surface area (Å²) in [5, 5.41) is 7.44. The first-order valence-electron chi connectivity index (χ1n) is 6.49. The minimum absolute atomic E-state index is 0.558. The van der Waals surface area contributed by atoms with E-state index in [1.54, 1.807) is 11.8 Å². The summed E-state index contributed by atoms with van der Waals surface area (Å²) in [6.45, 7) is 0. The zero-order chi connectivity index (χ0) is 12.8. The van der Waals surface area contributed by atoms with E-state index < -0.39 is 0 Å². The van der Waals surface area contributed by atoms with Crippen LogP contribution < -0.4 is 10.6 Å². The Balaban J connectivity index is 1.85. The van der Waals surface area contributed by atoms with Crippen LogP contribution in [0.3, 0.4) is 0 Å². The van der Waals surface area contributed by atoms with Crippen molar-refractivity contribution in [3.05, 3.63) is 24.3 Å². The molecule has 0 amide bonds. The first-order valence-corrected chi connectivity index (χ1v) is 8.13. The van der Waals surface area contributed by atoms with Crippen molar-refractivity contribution in [2.75, 3.05) is 11.6 Å². The summed E-state index contributed by atoms with van der Waals surface area (Å²) in [6.07, 6.45) is 8.58. The van der Waals surface area contributed by atoms with Gasteiger partial charge in [0.2, 0.25) is 0 Å². The van der Waals surface area contributed by atoms with E-state index in [1.807, 2.05) is 0 Å². The van der Waals surface area contributed by atoms with E-state index in [0.29, 0.717) is 6.04 Å². The summed E-state index contributed by atoms with van der Waals surface area (Å²) in [5.74, 6) is 0. The molecule has 1 aromatic carbocycles. The van der Waals surface area contributed by atoms with Crippen molar-refractivity contribution >= 4 is 34.8 Å². The molecule has 2 N–H and O–H groups in total. The van der Waals surface area contributed by atoms with E-state index in [4.69, 9.17) is 12.2 Å². The van der Waals surface area contributed by atoms with Crippen LogP contribution in [0.4, 0.5) is 5.69 Å². The largest absolute Gasteiger partial charge is 0.360 e. The summed E-state index contributed by atoms with van der Waals surface area (Å²) < 4.78 is 0. The minimum Gasteiger partial charge on any atom is -0.360 e. The van der Waals surface area contributed by atoms with Crippen molar-refractivity contribution in [3.63, 3.8) is 0 Å². The van der Waals surface area contributed by atoms with E-state index in [2.05, 4.69) is 41.2 Å². The van der Waals surface area contributed by atoms with Gasteiger partial charge in [-0.05, 0) is 49.5 Å². The maximum atomic E-state index is 5.37. The lowest BCUT2D eigenvalue weighted by molar-refractivity contribution is 0.415. The maximum Gasteiger partial charge on any atom is 0.170 e. The molecular formula is C14H20N2S2. The topological polar surface area (TPSA) is 24.1 Å². The van der Waals surface area contributed by atoms with E-state index >= 15 is 0 Å². The number of thiocarbonyl (C=S) groups is 1. The highest BCUT2D eigenvalue weighted by molar-refractivity contribution is 7.98. The van der Waals surface area contributed by atoms with Gasteiger partial charge >= 0.3 is 0 Å². The number of hydrogen-bond donors (Lipinski definition) is 2. The molecule has 0 aromatic heterocycles. The molecule has 2 rings (SSSR count). The Morgan fingerprint density at radius 3 is 2.78 bits per heavy atom. The van der Waals surface area contributed by atoms with Crippen LogP contribution in [0.2, 0.25) is 0 Å². The second-order valence-electron chi connectivity index (χ2n) is 4.67. The summed E-state index contributed by atoms with van der Waals surface area (Å²) in [6, 6.07) is 8.89. The summed E-state index contributed by atoms with van der Waals surface area (Å²) in [4.78, 5) is 1.25. The molecule has 4 heteroatoms. The molecule has 0 radical (unpaired) electrons. The Bertz CT molecular complexity index is 401. The fraction of sp³-hybridized carbons (Fsp3) is 0.500. The molecule has 1 saturated carbocycles. The van der Waals surface area contributed by atoms with Crippen LogP contribution >= 0.6 is 24.0 Å². The Hall–Kier alpha value is -0.740. The van der Waals surface area contributed by atoms with Gasteiger partial charge in [-0.3, -0.25) is 0 Å². The van der Waals surface area contributed by atoms with Gasteiger partial charge in [-0.2, -0.15) is 0 Å². The van der Waals surface area contributed by atoms with Crippen LogP contribution in [-0.4, -0.2) is 17.4 Å². The summed E-state index contributed by atoms with van der Waals surface area (Å²) in [7, 11) is 0. The normalized spacial score (nSPS) is 16.3. The molecule has 1 fully saturated rings. The number of thioether (sulfide) groups is 1. The van der Waals surface area contributed by atoms with Gasteiger partial charge in [-0.1, -0.05) is 25.3 Å². The third kappa shape index (κ3) is 4.18. The van der Waals surface area contributed by atoms with Crippen LogP contribution in [0.25, 0.3) is 0 Å². The minimum atomic E-state index is 0.558. The van der Waals surface area contributed by atoms with Gasteiger partial charge in [0.1, 0.15) is 0 Å². The van der Waals surface area contributed by atoms with Crippen LogP contribution in [0.5, 0.6) is 0 Å². The standard InChI is InChI=1S/C14H20N2S2/c1-18-13-9-5-8-12(10-13)16-14(17)15-11-6-3-2-4-7-11/h5,8-11H,2-4,6-7H2,1H3,(H2,15,16,17). The van der Waals surface area contributed by atoms with Crippen molar-refractivity contribution in [1.82, 2.24) is 5.32 Å². The molecule has 0 atom stereocenters. The van der Waals surface area contributed by atoms with Gasteiger partial charge < -0.3 is 10.6 Å². The second kappa shape index (κ2) is 7.00. The molecule has 0 unspecified atom stereocenters. The maximum absolute atomic E-state index is 5.37. The molecule has 0 heterocycles. The first kappa shape index (κ1) is 13.7. The number of hydrogen-bond acceptors (Lipinski definition) is 2. The predicted molar refractivity (Wildman–Crippen MR) is 84.5 cm³/mol. The average molecular weight is 280 g/mol. The van der Waals surface area contributed by atoms with E-state index in [-0.39, 0.29) is 0 Å². The lowest BCUT2D eigenvalue weighted by Crippen LogP contribution is -2.38. The first-order chi connectivity index (χ1) is 8.78. The predicted octanol–water partition coefficient (Wildman–Crippen LogP) is 4.03. The average Bonchev–Trinajstić information content (AvgIpc) is 2.40. The van der Waals surface area contributed by atoms with Gasteiger partial charge in [-0.15, -0.1) is 11.8 Å². The second-order valence-corrected chi connectivity index (χ2v) is 5.95. The molecule has 2 nitrogen and oxygen atoms in total. The molecule has 0 bridgehead atoms. The SMILES string of the molecule is CSc1cccc(NC(=S)NC2CCCCC2)c1. The van der Waals surface area contributed by atoms with Gasteiger partial charge in [0.25, 0.3) is 0 Å². The highest BCUT2D eigenvalue weighted by Crippen LogP contribution is 2.20. The zero-order valence-electron chi connectivity index (χ0n) is 10.7. The Labute approximate surface area is 119 Å². The zero-order valence-corrected chi connectivity index (χ0v) is 12.4. The molecule has 18 heavy (non-hydrogen) atoms. The van der Waals surface area contributed by atoms with Crippen LogP contribution in [-0.2, 0) is 0 Å². The van der Waals surface area contributed by atoms with Crippen molar-refractivity contribution in [1.29, 1.82) is 0 Å². The number of rotatable bonds is 3. The Morgan fingerprint density at radius 1 is 1.28 bits per heavy atom. The molecule has 1 aliphatic carbocycles.